The second-order valence-corrected chi connectivity index (χ2v) is 7.85. The van der Waals surface area contributed by atoms with Crippen molar-refractivity contribution in [3.05, 3.63) is 81.9 Å². The topological polar surface area (TPSA) is 68.3 Å². The minimum absolute atomic E-state index is 0.234. The average molecular weight is 392 g/mol. The van der Waals surface area contributed by atoms with Gasteiger partial charge in [-0.05, 0) is 55.0 Å². The third-order valence-electron chi connectivity index (χ3n) is 5.00. The van der Waals surface area contributed by atoms with E-state index in [1.807, 2.05) is 6.07 Å². The second kappa shape index (κ2) is 7.94. The Morgan fingerprint density at radius 1 is 1.07 bits per heavy atom. The van der Waals surface area contributed by atoms with Gasteiger partial charge < -0.3 is 4.74 Å². The first-order valence-corrected chi connectivity index (χ1v) is 9.99. The van der Waals surface area contributed by atoms with E-state index >= 15 is 0 Å². The van der Waals surface area contributed by atoms with Crippen molar-refractivity contribution in [2.24, 2.45) is 0 Å². The van der Waals surface area contributed by atoms with E-state index in [2.05, 4.69) is 39.3 Å². The number of benzene rings is 2. The molecular formula is C22H20N2O3S. The number of rotatable bonds is 4. The van der Waals surface area contributed by atoms with Gasteiger partial charge in [-0.15, -0.1) is 11.3 Å². The lowest BCUT2D eigenvalue weighted by Crippen LogP contribution is -2.12. The summed E-state index contributed by atoms with van der Waals surface area (Å²) < 4.78 is 4.67. The fourth-order valence-corrected chi connectivity index (χ4v) is 4.57. The van der Waals surface area contributed by atoms with Gasteiger partial charge in [-0.25, -0.2) is 9.78 Å². The summed E-state index contributed by atoms with van der Waals surface area (Å²) in [7, 11) is 1.33. The Bertz CT molecular complexity index is 996. The van der Waals surface area contributed by atoms with Crippen molar-refractivity contribution >= 4 is 28.3 Å². The molecule has 0 saturated carbocycles. The van der Waals surface area contributed by atoms with Crippen molar-refractivity contribution in [1.82, 2.24) is 4.98 Å². The molecule has 1 N–H and O–H groups in total. The number of aryl methyl sites for hydroxylation is 1. The quantitative estimate of drug-likeness (QED) is 0.666. The van der Waals surface area contributed by atoms with Crippen LogP contribution >= 0.6 is 11.3 Å². The molecule has 142 valence electrons. The van der Waals surface area contributed by atoms with Crippen LogP contribution in [-0.4, -0.2) is 24.0 Å². The number of nitrogens with zero attached hydrogens (tertiary/aromatic N) is 1. The van der Waals surface area contributed by atoms with Gasteiger partial charge in [0.15, 0.2) is 5.13 Å². The molecule has 0 bridgehead atoms. The first-order chi connectivity index (χ1) is 13.6. The van der Waals surface area contributed by atoms with Gasteiger partial charge in [-0.2, -0.15) is 0 Å². The summed E-state index contributed by atoms with van der Waals surface area (Å²) >= 11 is 1.55. The number of thiazole rings is 1. The minimum atomic E-state index is -0.424. The molecule has 2 aromatic carbocycles. The van der Waals surface area contributed by atoms with Crippen molar-refractivity contribution in [3.8, 4) is 0 Å². The van der Waals surface area contributed by atoms with Crippen molar-refractivity contribution in [2.45, 2.75) is 25.2 Å². The van der Waals surface area contributed by atoms with Crippen molar-refractivity contribution in [2.75, 3.05) is 12.4 Å². The molecule has 1 amide bonds. The molecule has 0 fully saturated rings. The summed E-state index contributed by atoms with van der Waals surface area (Å²) in [6.45, 7) is 0. The number of esters is 1. The number of nitrogens with one attached hydrogen (secondary N) is 1. The van der Waals surface area contributed by atoms with Crippen LogP contribution in [0, 0.1) is 0 Å². The molecule has 1 unspecified atom stereocenters. The standard InChI is InChI=1S/C22H20N2O3S/c1-27-21(26)16-9-7-15(8-10-16)20(25)24-22-23-18-12-11-17(13-19(18)28-22)14-5-3-2-4-6-14/h2-10,17H,11-13H2,1H3,(H,23,24,25). The molecule has 0 radical (unpaired) electrons. The Kier molecular flexibility index (Phi) is 5.21. The van der Waals surface area contributed by atoms with Crippen LogP contribution in [0.5, 0.6) is 0 Å². The van der Waals surface area contributed by atoms with Gasteiger partial charge >= 0.3 is 5.97 Å². The number of hydrogen-bond acceptors (Lipinski definition) is 5. The Labute approximate surface area is 167 Å². The van der Waals surface area contributed by atoms with Gasteiger partial charge in [0, 0.05) is 10.4 Å². The molecule has 28 heavy (non-hydrogen) atoms. The first-order valence-electron chi connectivity index (χ1n) is 9.17. The van der Waals surface area contributed by atoms with Gasteiger partial charge in [-0.3, -0.25) is 10.1 Å². The van der Waals surface area contributed by atoms with Gasteiger partial charge in [0.05, 0.1) is 18.4 Å². The number of fused-ring (bicyclic) bond motifs is 1. The van der Waals surface area contributed by atoms with Gasteiger partial charge in [-0.1, -0.05) is 30.3 Å². The number of hydrogen-bond donors (Lipinski definition) is 1. The van der Waals surface area contributed by atoms with Gasteiger partial charge in [0.2, 0.25) is 0 Å². The summed E-state index contributed by atoms with van der Waals surface area (Å²) in [4.78, 5) is 29.9. The highest BCUT2D eigenvalue weighted by atomic mass is 32.1. The van der Waals surface area contributed by atoms with Crippen LogP contribution in [0.4, 0.5) is 5.13 Å². The van der Waals surface area contributed by atoms with Crippen LogP contribution in [0.15, 0.2) is 54.6 Å². The highest BCUT2D eigenvalue weighted by Crippen LogP contribution is 2.37. The predicted octanol–water partition coefficient (Wildman–Crippen LogP) is 4.45. The first kappa shape index (κ1) is 18.4. The zero-order valence-electron chi connectivity index (χ0n) is 15.5. The van der Waals surface area contributed by atoms with E-state index in [0.29, 0.717) is 22.2 Å². The normalized spacial score (nSPS) is 15.5. The van der Waals surface area contributed by atoms with E-state index in [0.717, 1.165) is 25.0 Å². The van der Waals surface area contributed by atoms with Crippen LogP contribution in [-0.2, 0) is 17.6 Å². The Hall–Kier alpha value is -2.99. The lowest BCUT2D eigenvalue weighted by atomic mass is 9.85. The monoisotopic (exact) mass is 392 g/mol. The Morgan fingerprint density at radius 3 is 2.50 bits per heavy atom. The maximum absolute atomic E-state index is 12.5. The zero-order valence-corrected chi connectivity index (χ0v) is 16.3. The number of anilines is 1. The summed E-state index contributed by atoms with van der Waals surface area (Å²) in [5.74, 6) is -0.154. The summed E-state index contributed by atoms with van der Waals surface area (Å²) in [5.41, 5.74) is 3.34. The largest absolute Gasteiger partial charge is 0.465 e. The van der Waals surface area contributed by atoms with E-state index in [1.165, 1.54) is 17.6 Å². The zero-order chi connectivity index (χ0) is 19.5. The van der Waals surface area contributed by atoms with Crippen molar-refractivity contribution < 1.29 is 14.3 Å². The van der Waals surface area contributed by atoms with Crippen LogP contribution in [0.3, 0.4) is 0 Å². The molecule has 0 aliphatic heterocycles. The van der Waals surface area contributed by atoms with E-state index < -0.39 is 5.97 Å². The lowest BCUT2D eigenvalue weighted by Gasteiger charge is -2.21. The number of methoxy groups -OCH3 is 1. The molecule has 0 saturated heterocycles. The van der Waals surface area contributed by atoms with Crippen LogP contribution < -0.4 is 5.32 Å². The summed E-state index contributed by atoms with van der Waals surface area (Å²) in [5, 5.41) is 3.51. The fourth-order valence-electron chi connectivity index (χ4n) is 3.48. The molecule has 5 nitrogen and oxygen atoms in total. The van der Waals surface area contributed by atoms with Crippen molar-refractivity contribution in [1.29, 1.82) is 0 Å². The molecule has 6 heteroatoms. The van der Waals surface area contributed by atoms with E-state index in [4.69, 9.17) is 0 Å². The molecule has 1 aliphatic rings. The summed E-state index contributed by atoms with van der Waals surface area (Å²) in [6, 6.07) is 16.9. The van der Waals surface area contributed by atoms with Gasteiger partial charge in [0.25, 0.3) is 5.91 Å². The highest BCUT2D eigenvalue weighted by molar-refractivity contribution is 7.15. The molecule has 0 spiro atoms. The van der Waals surface area contributed by atoms with Crippen molar-refractivity contribution in [3.63, 3.8) is 0 Å². The van der Waals surface area contributed by atoms with Gasteiger partial charge in [0.1, 0.15) is 0 Å². The fraction of sp³-hybridized carbons (Fsp3) is 0.227. The maximum atomic E-state index is 12.5. The number of amides is 1. The average Bonchev–Trinajstić information content (AvgIpc) is 3.15. The van der Waals surface area contributed by atoms with E-state index in [-0.39, 0.29) is 5.91 Å². The smallest absolute Gasteiger partial charge is 0.337 e. The van der Waals surface area contributed by atoms with Crippen LogP contribution in [0.25, 0.3) is 0 Å². The molecule has 4 rings (SSSR count). The number of aromatic nitrogens is 1. The molecule has 1 heterocycles. The molecule has 3 aromatic rings. The van der Waals surface area contributed by atoms with E-state index in [9.17, 15) is 9.59 Å². The second-order valence-electron chi connectivity index (χ2n) is 6.76. The van der Waals surface area contributed by atoms with Crippen LogP contribution in [0.2, 0.25) is 0 Å². The highest BCUT2D eigenvalue weighted by Gasteiger charge is 2.24. The molecule has 1 atom stereocenters. The van der Waals surface area contributed by atoms with Crippen LogP contribution in [0.1, 0.15) is 49.2 Å². The lowest BCUT2D eigenvalue weighted by molar-refractivity contribution is 0.0600. The molecular weight excluding hydrogens is 372 g/mol. The van der Waals surface area contributed by atoms with E-state index in [1.54, 1.807) is 35.6 Å². The SMILES string of the molecule is COC(=O)c1ccc(C(=O)Nc2nc3c(s2)CC(c2ccccc2)CC3)cc1. The Morgan fingerprint density at radius 2 is 1.79 bits per heavy atom. The summed E-state index contributed by atoms with van der Waals surface area (Å²) in [6.07, 6.45) is 2.96. The minimum Gasteiger partial charge on any atom is -0.465 e. The number of ether oxygens (including phenoxy) is 1. The third kappa shape index (κ3) is 3.82. The third-order valence-corrected chi connectivity index (χ3v) is 6.03. The predicted molar refractivity (Wildman–Crippen MR) is 109 cm³/mol. The number of carbonyl (C=O) groups excluding carboxylic acids is 2. The molecule has 1 aliphatic carbocycles. The Balaban J connectivity index is 1.45. The number of carbonyl (C=O) groups is 2. The maximum Gasteiger partial charge on any atom is 0.337 e. The molecule has 1 aromatic heterocycles.